The standard InChI is InChI=1S/C21H21F2N3O3/c1-28-18-10-14-17(11-19(18)29-2)24-20-5-6-25(7-8-26(20)21(14)27)12-13-3-4-15(22)16(23)9-13/h3-4,9-11H,5-8,12H2,1-2H3. The van der Waals surface area contributed by atoms with E-state index >= 15 is 0 Å². The fourth-order valence-corrected chi connectivity index (χ4v) is 3.68. The molecule has 2 aromatic carbocycles. The summed E-state index contributed by atoms with van der Waals surface area (Å²) in [5.74, 6) is -0.0149. The minimum absolute atomic E-state index is 0.124. The van der Waals surface area contributed by atoms with Crippen molar-refractivity contribution in [1.82, 2.24) is 14.5 Å². The lowest BCUT2D eigenvalue weighted by Crippen LogP contribution is -2.28. The van der Waals surface area contributed by atoms with Gasteiger partial charge in [-0.15, -0.1) is 0 Å². The van der Waals surface area contributed by atoms with Crippen molar-refractivity contribution in [2.75, 3.05) is 27.3 Å². The quantitative estimate of drug-likeness (QED) is 0.673. The molecule has 1 aromatic heterocycles. The van der Waals surface area contributed by atoms with E-state index in [4.69, 9.17) is 9.47 Å². The molecule has 0 saturated heterocycles. The van der Waals surface area contributed by atoms with Gasteiger partial charge in [0, 0.05) is 38.7 Å². The molecular weight excluding hydrogens is 380 g/mol. The molecule has 0 amide bonds. The number of nitrogens with zero attached hydrogens (tertiary/aromatic N) is 3. The van der Waals surface area contributed by atoms with Crippen LogP contribution in [0.3, 0.4) is 0 Å². The molecule has 8 heteroatoms. The van der Waals surface area contributed by atoms with Crippen LogP contribution < -0.4 is 15.0 Å². The van der Waals surface area contributed by atoms with Gasteiger partial charge < -0.3 is 9.47 Å². The minimum Gasteiger partial charge on any atom is -0.493 e. The summed E-state index contributed by atoms with van der Waals surface area (Å²) in [4.78, 5) is 19.8. The lowest BCUT2D eigenvalue weighted by Gasteiger charge is -2.19. The molecule has 1 aliphatic heterocycles. The fourth-order valence-electron chi connectivity index (χ4n) is 3.68. The van der Waals surface area contributed by atoms with E-state index < -0.39 is 11.6 Å². The Bertz CT molecular complexity index is 1130. The smallest absolute Gasteiger partial charge is 0.261 e. The predicted octanol–water partition coefficient (Wildman–Crippen LogP) is 2.75. The zero-order chi connectivity index (χ0) is 20.5. The van der Waals surface area contributed by atoms with Gasteiger partial charge in [-0.2, -0.15) is 0 Å². The van der Waals surface area contributed by atoms with Crippen LogP contribution in [-0.4, -0.2) is 41.8 Å². The van der Waals surface area contributed by atoms with Crippen LogP contribution >= 0.6 is 0 Å². The third-order valence-electron chi connectivity index (χ3n) is 5.22. The Morgan fingerprint density at radius 1 is 1.00 bits per heavy atom. The topological polar surface area (TPSA) is 56.6 Å². The van der Waals surface area contributed by atoms with Crippen LogP contribution in [-0.2, 0) is 19.5 Å². The third kappa shape index (κ3) is 3.67. The molecule has 0 spiro atoms. The molecule has 3 aromatic rings. The summed E-state index contributed by atoms with van der Waals surface area (Å²) in [5, 5.41) is 0.473. The molecule has 0 N–H and O–H groups in total. The third-order valence-corrected chi connectivity index (χ3v) is 5.22. The van der Waals surface area contributed by atoms with Gasteiger partial charge in [0.2, 0.25) is 0 Å². The largest absolute Gasteiger partial charge is 0.493 e. The number of fused-ring (bicyclic) bond motifs is 2. The Kier molecular flexibility index (Phi) is 5.19. The van der Waals surface area contributed by atoms with E-state index in [0.717, 1.165) is 6.07 Å². The van der Waals surface area contributed by atoms with E-state index in [0.29, 0.717) is 66.4 Å². The molecule has 152 valence electrons. The molecule has 0 radical (unpaired) electrons. The van der Waals surface area contributed by atoms with E-state index in [1.165, 1.54) is 20.3 Å². The summed E-state index contributed by atoms with van der Waals surface area (Å²) in [6.07, 6.45) is 0.573. The highest BCUT2D eigenvalue weighted by Gasteiger charge is 2.19. The summed E-state index contributed by atoms with van der Waals surface area (Å²) < 4.78 is 39.0. The van der Waals surface area contributed by atoms with Crippen LogP contribution in [0.2, 0.25) is 0 Å². The average molecular weight is 401 g/mol. The highest BCUT2D eigenvalue weighted by atomic mass is 19.2. The lowest BCUT2D eigenvalue weighted by atomic mass is 10.2. The van der Waals surface area contributed by atoms with E-state index in [9.17, 15) is 13.6 Å². The molecule has 0 atom stereocenters. The summed E-state index contributed by atoms with van der Waals surface area (Å²) in [5.41, 5.74) is 1.13. The number of hydrogen-bond acceptors (Lipinski definition) is 5. The van der Waals surface area contributed by atoms with Crippen LogP contribution in [0.5, 0.6) is 11.5 Å². The van der Waals surface area contributed by atoms with E-state index in [1.54, 1.807) is 22.8 Å². The monoisotopic (exact) mass is 401 g/mol. The normalized spacial score (nSPS) is 14.5. The van der Waals surface area contributed by atoms with Gasteiger partial charge in [0.15, 0.2) is 23.1 Å². The Morgan fingerprint density at radius 3 is 2.48 bits per heavy atom. The maximum absolute atomic E-state index is 13.5. The Morgan fingerprint density at radius 2 is 1.76 bits per heavy atom. The summed E-state index contributed by atoms with van der Waals surface area (Å²) in [7, 11) is 3.06. The van der Waals surface area contributed by atoms with Gasteiger partial charge in [0.1, 0.15) is 5.82 Å². The van der Waals surface area contributed by atoms with Crippen molar-refractivity contribution >= 4 is 10.9 Å². The van der Waals surface area contributed by atoms with E-state index in [-0.39, 0.29) is 5.56 Å². The van der Waals surface area contributed by atoms with Crippen molar-refractivity contribution < 1.29 is 18.3 Å². The minimum atomic E-state index is -0.856. The first-order valence-corrected chi connectivity index (χ1v) is 9.32. The molecule has 0 bridgehead atoms. The molecule has 0 saturated carbocycles. The van der Waals surface area contributed by atoms with Crippen LogP contribution in [0, 0.1) is 11.6 Å². The first-order chi connectivity index (χ1) is 14.0. The van der Waals surface area contributed by atoms with E-state index in [2.05, 4.69) is 9.88 Å². The summed E-state index contributed by atoms with van der Waals surface area (Å²) in [6.45, 7) is 2.20. The predicted molar refractivity (Wildman–Crippen MR) is 104 cm³/mol. The van der Waals surface area contributed by atoms with Crippen LogP contribution in [0.1, 0.15) is 11.4 Å². The van der Waals surface area contributed by atoms with Crippen molar-refractivity contribution in [3.63, 3.8) is 0 Å². The second kappa shape index (κ2) is 7.79. The van der Waals surface area contributed by atoms with Gasteiger partial charge in [0.25, 0.3) is 5.56 Å². The maximum atomic E-state index is 13.5. The molecule has 4 rings (SSSR count). The number of halogens is 2. The SMILES string of the molecule is COc1cc2nc3n(c(=O)c2cc1OC)CCN(Cc1ccc(F)c(F)c1)CC3. The molecule has 0 fully saturated rings. The number of rotatable bonds is 4. The van der Waals surface area contributed by atoms with Gasteiger partial charge in [0.05, 0.1) is 25.1 Å². The van der Waals surface area contributed by atoms with Gasteiger partial charge >= 0.3 is 0 Å². The Labute approximate surface area is 166 Å². The first-order valence-electron chi connectivity index (χ1n) is 9.32. The number of aromatic nitrogens is 2. The molecular formula is C21H21F2N3O3. The number of hydrogen-bond donors (Lipinski definition) is 0. The number of methoxy groups -OCH3 is 2. The molecule has 0 aliphatic carbocycles. The van der Waals surface area contributed by atoms with Gasteiger partial charge in [-0.1, -0.05) is 6.07 Å². The van der Waals surface area contributed by atoms with Crippen LogP contribution in [0.4, 0.5) is 8.78 Å². The average Bonchev–Trinajstić information content (AvgIpc) is 2.92. The second-order valence-corrected chi connectivity index (χ2v) is 6.98. The molecule has 1 aliphatic rings. The summed E-state index contributed by atoms with van der Waals surface area (Å²) >= 11 is 0. The Hall–Kier alpha value is -3.00. The summed E-state index contributed by atoms with van der Waals surface area (Å²) in [6, 6.07) is 7.29. The van der Waals surface area contributed by atoms with Gasteiger partial charge in [-0.3, -0.25) is 14.3 Å². The molecule has 6 nitrogen and oxygen atoms in total. The zero-order valence-corrected chi connectivity index (χ0v) is 16.2. The highest BCUT2D eigenvalue weighted by molar-refractivity contribution is 5.82. The number of benzene rings is 2. The fraction of sp³-hybridized carbons (Fsp3) is 0.333. The molecule has 2 heterocycles. The van der Waals surface area contributed by atoms with Crippen LogP contribution in [0.25, 0.3) is 10.9 Å². The van der Waals surface area contributed by atoms with Crippen LogP contribution in [0.15, 0.2) is 35.1 Å². The van der Waals surface area contributed by atoms with Gasteiger partial charge in [-0.05, 0) is 23.8 Å². The van der Waals surface area contributed by atoms with Gasteiger partial charge in [-0.25, -0.2) is 13.8 Å². The van der Waals surface area contributed by atoms with Crippen molar-refractivity contribution in [2.45, 2.75) is 19.5 Å². The van der Waals surface area contributed by atoms with Crippen molar-refractivity contribution in [3.05, 3.63) is 63.7 Å². The Balaban J connectivity index is 1.63. The van der Waals surface area contributed by atoms with E-state index in [1.807, 2.05) is 0 Å². The zero-order valence-electron chi connectivity index (χ0n) is 16.2. The van der Waals surface area contributed by atoms with Crippen molar-refractivity contribution in [1.29, 1.82) is 0 Å². The highest BCUT2D eigenvalue weighted by Crippen LogP contribution is 2.30. The van der Waals surface area contributed by atoms with Crippen molar-refractivity contribution in [3.8, 4) is 11.5 Å². The molecule has 0 unspecified atom stereocenters. The second-order valence-electron chi connectivity index (χ2n) is 6.98. The lowest BCUT2D eigenvalue weighted by molar-refractivity contribution is 0.270. The first kappa shape index (κ1) is 19.3. The van der Waals surface area contributed by atoms with Crippen molar-refractivity contribution in [2.24, 2.45) is 0 Å². The molecule has 29 heavy (non-hydrogen) atoms. The number of ether oxygens (including phenoxy) is 2. The maximum Gasteiger partial charge on any atom is 0.261 e.